The van der Waals surface area contributed by atoms with E-state index in [4.69, 9.17) is 9.47 Å². The number of hydrogen-bond donors (Lipinski definition) is 2. The normalized spacial score (nSPS) is 14.1. The molecule has 130 valence electrons. The van der Waals surface area contributed by atoms with Gasteiger partial charge in [0.05, 0.1) is 13.7 Å². The summed E-state index contributed by atoms with van der Waals surface area (Å²) in [6.07, 6.45) is 3.46. The zero-order valence-corrected chi connectivity index (χ0v) is 16.3. The van der Waals surface area contributed by atoms with Crippen molar-refractivity contribution in [1.29, 1.82) is 0 Å². The van der Waals surface area contributed by atoms with Gasteiger partial charge in [-0.3, -0.25) is 0 Å². The zero-order valence-electron chi connectivity index (χ0n) is 14.0. The van der Waals surface area contributed by atoms with E-state index in [9.17, 15) is 0 Å². The lowest BCUT2D eigenvalue weighted by atomic mass is 10.2. The summed E-state index contributed by atoms with van der Waals surface area (Å²) in [4.78, 5) is 4.66. The van der Waals surface area contributed by atoms with Gasteiger partial charge in [0.25, 0.3) is 0 Å². The maximum atomic E-state index is 5.35. The topological polar surface area (TPSA) is 54.9 Å². The number of ether oxygens (including phenoxy) is 2. The van der Waals surface area contributed by atoms with Gasteiger partial charge in [-0.25, -0.2) is 4.99 Å². The van der Waals surface area contributed by atoms with Crippen LogP contribution in [0.2, 0.25) is 0 Å². The molecule has 0 radical (unpaired) electrons. The Morgan fingerprint density at radius 3 is 2.61 bits per heavy atom. The number of hydrogen-bond acceptors (Lipinski definition) is 3. The van der Waals surface area contributed by atoms with Crippen LogP contribution in [0.4, 0.5) is 0 Å². The number of rotatable bonds is 9. The first-order chi connectivity index (χ1) is 10.8. The minimum absolute atomic E-state index is 0. The van der Waals surface area contributed by atoms with Crippen LogP contribution in [0.15, 0.2) is 29.3 Å². The summed E-state index contributed by atoms with van der Waals surface area (Å²) in [5.41, 5.74) is 1.17. The molecule has 1 fully saturated rings. The molecule has 0 atom stereocenters. The smallest absolute Gasteiger partial charge is 0.191 e. The fourth-order valence-corrected chi connectivity index (χ4v) is 2.00. The van der Waals surface area contributed by atoms with E-state index in [0.717, 1.165) is 37.9 Å². The quantitative estimate of drug-likeness (QED) is 0.272. The van der Waals surface area contributed by atoms with Crippen LogP contribution in [0.25, 0.3) is 0 Å². The van der Waals surface area contributed by atoms with Gasteiger partial charge in [0.2, 0.25) is 0 Å². The standard InChI is InChI=1S/C17H27N3O2.HI/c1-3-22-12-4-11-18-17(20-15-7-8-15)19-13-14-5-9-16(21-2)10-6-14;/h5-6,9-10,15H,3-4,7-8,11-13H2,1-2H3,(H2,18,19,20);1H. The number of nitrogens with one attached hydrogen (secondary N) is 2. The zero-order chi connectivity index (χ0) is 15.6. The van der Waals surface area contributed by atoms with E-state index in [-0.39, 0.29) is 24.0 Å². The van der Waals surface area contributed by atoms with Crippen molar-refractivity contribution in [3.8, 4) is 5.75 Å². The summed E-state index contributed by atoms with van der Waals surface area (Å²) >= 11 is 0. The van der Waals surface area contributed by atoms with Gasteiger partial charge >= 0.3 is 0 Å². The third kappa shape index (κ3) is 8.41. The largest absolute Gasteiger partial charge is 0.497 e. The molecule has 1 aliphatic carbocycles. The van der Waals surface area contributed by atoms with Crippen LogP contribution >= 0.6 is 24.0 Å². The second-order valence-corrected chi connectivity index (χ2v) is 5.41. The molecule has 5 nitrogen and oxygen atoms in total. The Kier molecular flexibility index (Phi) is 10.0. The molecular weight excluding hydrogens is 405 g/mol. The second kappa shape index (κ2) is 11.5. The van der Waals surface area contributed by atoms with Crippen LogP contribution < -0.4 is 15.4 Å². The van der Waals surface area contributed by atoms with Crippen LogP contribution in [0, 0.1) is 0 Å². The second-order valence-electron chi connectivity index (χ2n) is 5.41. The fraction of sp³-hybridized carbons (Fsp3) is 0.588. The predicted molar refractivity (Wildman–Crippen MR) is 105 cm³/mol. The van der Waals surface area contributed by atoms with Crippen LogP contribution in [0.3, 0.4) is 0 Å². The molecule has 0 aromatic heterocycles. The number of methoxy groups -OCH3 is 1. The van der Waals surface area contributed by atoms with Gasteiger partial charge in [0.1, 0.15) is 5.75 Å². The van der Waals surface area contributed by atoms with Crippen molar-refractivity contribution >= 4 is 29.9 Å². The monoisotopic (exact) mass is 433 g/mol. The summed E-state index contributed by atoms with van der Waals surface area (Å²) < 4.78 is 10.5. The van der Waals surface area contributed by atoms with Crippen molar-refractivity contribution < 1.29 is 9.47 Å². The fourth-order valence-electron chi connectivity index (χ4n) is 2.00. The molecule has 2 rings (SSSR count). The van der Waals surface area contributed by atoms with Gasteiger partial charge in [0, 0.05) is 25.8 Å². The molecule has 23 heavy (non-hydrogen) atoms. The molecule has 0 bridgehead atoms. The minimum Gasteiger partial charge on any atom is -0.497 e. The number of aliphatic imine (C=N–C) groups is 1. The SMILES string of the molecule is CCOCCCNC(=NCc1ccc(OC)cc1)NC1CC1.I. The van der Waals surface area contributed by atoms with Gasteiger partial charge in [-0.15, -0.1) is 24.0 Å². The average Bonchev–Trinajstić information content (AvgIpc) is 3.36. The van der Waals surface area contributed by atoms with E-state index in [1.807, 2.05) is 31.2 Å². The first-order valence-electron chi connectivity index (χ1n) is 8.07. The van der Waals surface area contributed by atoms with Crippen molar-refractivity contribution in [2.75, 3.05) is 26.9 Å². The highest BCUT2D eigenvalue weighted by Crippen LogP contribution is 2.18. The molecule has 6 heteroatoms. The summed E-state index contributed by atoms with van der Waals surface area (Å²) in [7, 11) is 1.68. The maximum absolute atomic E-state index is 5.35. The predicted octanol–water partition coefficient (Wildman–Crippen LogP) is 2.94. The number of nitrogens with zero attached hydrogens (tertiary/aromatic N) is 1. The molecule has 0 amide bonds. The van der Waals surface area contributed by atoms with E-state index in [0.29, 0.717) is 12.6 Å². The summed E-state index contributed by atoms with van der Waals surface area (Å²) in [6, 6.07) is 8.62. The first-order valence-corrected chi connectivity index (χ1v) is 8.07. The Bertz CT molecular complexity index is 461. The van der Waals surface area contributed by atoms with Crippen LogP contribution in [0.1, 0.15) is 31.7 Å². The summed E-state index contributed by atoms with van der Waals surface area (Å²) in [6.45, 7) is 5.12. The number of benzene rings is 1. The Hall–Kier alpha value is -1.02. The molecule has 0 spiro atoms. The van der Waals surface area contributed by atoms with E-state index in [2.05, 4.69) is 15.6 Å². The van der Waals surface area contributed by atoms with Crippen LogP contribution in [-0.4, -0.2) is 38.9 Å². The van der Waals surface area contributed by atoms with E-state index in [1.54, 1.807) is 7.11 Å². The third-order valence-electron chi connectivity index (χ3n) is 3.46. The Balaban J connectivity index is 0.00000264. The molecule has 0 saturated heterocycles. The number of halogens is 1. The molecular formula is C17H28IN3O2. The van der Waals surface area contributed by atoms with Crippen molar-refractivity contribution in [2.24, 2.45) is 4.99 Å². The van der Waals surface area contributed by atoms with E-state index in [1.165, 1.54) is 18.4 Å². The Labute approximate surface area is 156 Å². The summed E-state index contributed by atoms with van der Waals surface area (Å²) in [5, 5.41) is 6.83. The molecule has 1 aromatic rings. The molecule has 0 aliphatic heterocycles. The van der Waals surface area contributed by atoms with Crippen molar-refractivity contribution in [3.63, 3.8) is 0 Å². The third-order valence-corrected chi connectivity index (χ3v) is 3.46. The highest BCUT2D eigenvalue weighted by molar-refractivity contribution is 14.0. The molecule has 2 N–H and O–H groups in total. The minimum atomic E-state index is 0. The highest BCUT2D eigenvalue weighted by atomic mass is 127. The Morgan fingerprint density at radius 1 is 1.26 bits per heavy atom. The van der Waals surface area contributed by atoms with Crippen molar-refractivity contribution in [2.45, 2.75) is 38.8 Å². The number of guanidine groups is 1. The molecule has 0 heterocycles. The molecule has 0 unspecified atom stereocenters. The highest BCUT2D eigenvalue weighted by Gasteiger charge is 2.22. The maximum Gasteiger partial charge on any atom is 0.191 e. The van der Waals surface area contributed by atoms with E-state index < -0.39 is 0 Å². The average molecular weight is 433 g/mol. The molecule has 1 aliphatic rings. The van der Waals surface area contributed by atoms with Crippen molar-refractivity contribution in [1.82, 2.24) is 10.6 Å². The van der Waals surface area contributed by atoms with Gasteiger partial charge in [-0.1, -0.05) is 12.1 Å². The summed E-state index contributed by atoms with van der Waals surface area (Å²) in [5.74, 6) is 1.77. The van der Waals surface area contributed by atoms with Crippen LogP contribution in [-0.2, 0) is 11.3 Å². The van der Waals surface area contributed by atoms with Gasteiger partial charge < -0.3 is 20.1 Å². The Morgan fingerprint density at radius 2 is 2.00 bits per heavy atom. The van der Waals surface area contributed by atoms with Gasteiger partial charge in [0.15, 0.2) is 5.96 Å². The van der Waals surface area contributed by atoms with Crippen LogP contribution in [0.5, 0.6) is 5.75 Å². The van der Waals surface area contributed by atoms with Gasteiger partial charge in [-0.05, 0) is 43.9 Å². The van der Waals surface area contributed by atoms with Crippen molar-refractivity contribution in [3.05, 3.63) is 29.8 Å². The lowest BCUT2D eigenvalue weighted by Gasteiger charge is -2.12. The molecule has 1 saturated carbocycles. The van der Waals surface area contributed by atoms with Gasteiger partial charge in [-0.2, -0.15) is 0 Å². The lowest BCUT2D eigenvalue weighted by molar-refractivity contribution is 0.145. The first kappa shape index (κ1) is 20.0. The molecule has 1 aromatic carbocycles. The lowest BCUT2D eigenvalue weighted by Crippen LogP contribution is -2.39. The van der Waals surface area contributed by atoms with E-state index >= 15 is 0 Å².